The standard InChI is InChI=1S/C29H24F3N5O3S/c1-16(21-10-22(29(30,31)32)15-23(11-21)37(38)39)34-28-24-12-18(6-7-25(24)35-17(2)36-28)19-4-5-20(26(13-19)40-3)14-27-33-8-9-41-27/h4-13,15-16H,14H2,1-3H3,(H,34,35,36)/t16-/m1/s1. The van der Waals surface area contributed by atoms with Gasteiger partial charge in [0.15, 0.2) is 0 Å². The van der Waals surface area contributed by atoms with Crippen LogP contribution in [0.3, 0.4) is 0 Å². The smallest absolute Gasteiger partial charge is 0.416 e. The van der Waals surface area contributed by atoms with Gasteiger partial charge in [-0.1, -0.05) is 18.2 Å². The SMILES string of the molecule is COc1cc(-c2ccc3nc(C)nc(N[C@H](C)c4cc([N+](=O)[O-])cc(C(F)(F)F)c4)c3c2)ccc1Cc1nccs1. The highest BCUT2D eigenvalue weighted by atomic mass is 32.1. The molecule has 0 aliphatic carbocycles. The molecule has 0 aliphatic heterocycles. The maximum Gasteiger partial charge on any atom is 0.416 e. The summed E-state index contributed by atoms with van der Waals surface area (Å²) in [5.74, 6) is 1.58. The number of rotatable bonds is 8. The van der Waals surface area contributed by atoms with Crippen LogP contribution in [0.5, 0.6) is 5.75 Å². The van der Waals surface area contributed by atoms with Crippen LogP contribution in [0.4, 0.5) is 24.7 Å². The van der Waals surface area contributed by atoms with Gasteiger partial charge in [-0.2, -0.15) is 13.2 Å². The van der Waals surface area contributed by atoms with E-state index >= 15 is 0 Å². The quantitative estimate of drug-likeness (QED) is 0.148. The first-order valence-electron chi connectivity index (χ1n) is 12.5. The number of hydrogen-bond acceptors (Lipinski definition) is 8. The van der Waals surface area contributed by atoms with Crippen molar-refractivity contribution in [2.75, 3.05) is 12.4 Å². The van der Waals surface area contributed by atoms with E-state index < -0.39 is 28.4 Å². The van der Waals surface area contributed by atoms with Crippen LogP contribution in [0.15, 0.2) is 66.2 Å². The van der Waals surface area contributed by atoms with Gasteiger partial charge in [0.1, 0.15) is 17.4 Å². The van der Waals surface area contributed by atoms with Gasteiger partial charge in [0.2, 0.25) is 0 Å². The first-order valence-corrected chi connectivity index (χ1v) is 13.4. The summed E-state index contributed by atoms with van der Waals surface area (Å²) >= 11 is 1.57. The number of anilines is 1. The predicted molar refractivity (Wildman–Crippen MR) is 151 cm³/mol. The molecular formula is C29H24F3N5O3S. The molecule has 210 valence electrons. The van der Waals surface area contributed by atoms with Crippen LogP contribution in [0.1, 0.15) is 40.5 Å². The average Bonchev–Trinajstić information content (AvgIpc) is 3.45. The Morgan fingerprint density at radius 2 is 1.83 bits per heavy atom. The lowest BCUT2D eigenvalue weighted by molar-refractivity contribution is -0.385. The fraction of sp³-hybridized carbons (Fsp3) is 0.207. The Kier molecular flexibility index (Phi) is 7.59. The Labute approximate surface area is 237 Å². The minimum atomic E-state index is -4.73. The van der Waals surface area contributed by atoms with Gasteiger partial charge in [0.05, 0.1) is 34.2 Å². The van der Waals surface area contributed by atoms with E-state index in [-0.39, 0.29) is 5.56 Å². The number of nitrogens with one attached hydrogen (secondary N) is 1. The monoisotopic (exact) mass is 579 g/mol. The number of nitro groups is 1. The fourth-order valence-corrected chi connectivity index (χ4v) is 5.19. The molecule has 8 nitrogen and oxygen atoms in total. The molecule has 0 radical (unpaired) electrons. The van der Waals surface area contributed by atoms with E-state index in [1.54, 1.807) is 38.5 Å². The van der Waals surface area contributed by atoms with Crippen molar-refractivity contribution in [3.8, 4) is 16.9 Å². The Morgan fingerprint density at radius 3 is 2.51 bits per heavy atom. The number of benzene rings is 3. The van der Waals surface area contributed by atoms with Crippen LogP contribution >= 0.6 is 11.3 Å². The predicted octanol–water partition coefficient (Wildman–Crippen LogP) is 7.76. The molecule has 12 heteroatoms. The summed E-state index contributed by atoms with van der Waals surface area (Å²) in [5.41, 5.74) is 1.76. The maximum atomic E-state index is 13.5. The summed E-state index contributed by atoms with van der Waals surface area (Å²) < 4.78 is 46.1. The van der Waals surface area contributed by atoms with Crippen LogP contribution in [-0.4, -0.2) is 27.0 Å². The van der Waals surface area contributed by atoms with Crippen LogP contribution in [0, 0.1) is 17.0 Å². The molecule has 0 amide bonds. The Morgan fingerprint density at radius 1 is 1.07 bits per heavy atom. The van der Waals surface area contributed by atoms with Crippen molar-refractivity contribution in [2.45, 2.75) is 32.5 Å². The number of non-ortho nitro benzene ring substituents is 1. The number of alkyl halides is 3. The molecule has 1 N–H and O–H groups in total. The summed E-state index contributed by atoms with van der Waals surface area (Å²) in [5, 5.41) is 18.0. The molecular weight excluding hydrogens is 555 g/mol. The number of ether oxygens (including phenoxy) is 1. The lowest BCUT2D eigenvalue weighted by Crippen LogP contribution is -2.12. The highest BCUT2D eigenvalue weighted by Crippen LogP contribution is 2.36. The molecule has 5 rings (SSSR count). The second-order valence-corrected chi connectivity index (χ2v) is 10.4. The summed E-state index contributed by atoms with van der Waals surface area (Å²) in [6, 6.07) is 13.4. The van der Waals surface area contributed by atoms with Crippen molar-refractivity contribution in [1.82, 2.24) is 15.0 Å². The van der Waals surface area contributed by atoms with Gasteiger partial charge in [0.25, 0.3) is 5.69 Å². The number of nitro benzene ring substituents is 1. The number of aromatic nitrogens is 3. The third kappa shape index (κ3) is 6.12. The first kappa shape index (κ1) is 28.0. The number of fused-ring (bicyclic) bond motifs is 1. The summed E-state index contributed by atoms with van der Waals surface area (Å²) in [4.78, 5) is 23.9. The number of thiazole rings is 1. The molecule has 0 spiro atoms. The minimum Gasteiger partial charge on any atom is -0.496 e. The van der Waals surface area contributed by atoms with E-state index in [2.05, 4.69) is 20.3 Å². The van der Waals surface area contributed by atoms with E-state index in [1.807, 2.05) is 41.8 Å². The molecule has 3 aromatic carbocycles. The van der Waals surface area contributed by atoms with Gasteiger partial charge in [0, 0.05) is 41.1 Å². The largest absolute Gasteiger partial charge is 0.496 e. The average molecular weight is 580 g/mol. The van der Waals surface area contributed by atoms with Gasteiger partial charge < -0.3 is 10.1 Å². The zero-order valence-corrected chi connectivity index (χ0v) is 23.0. The summed E-state index contributed by atoms with van der Waals surface area (Å²) in [7, 11) is 1.61. The maximum absolute atomic E-state index is 13.5. The second-order valence-electron chi connectivity index (χ2n) is 9.41. The van der Waals surface area contributed by atoms with Crippen LogP contribution < -0.4 is 10.1 Å². The zero-order chi connectivity index (χ0) is 29.3. The molecule has 0 fully saturated rings. The Balaban J connectivity index is 1.51. The Bertz CT molecular complexity index is 1740. The van der Waals surface area contributed by atoms with Crippen molar-refractivity contribution >= 4 is 33.7 Å². The number of nitrogens with zero attached hydrogens (tertiary/aromatic N) is 4. The number of halogens is 3. The van der Waals surface area contributed by atoms with Crippen LogP contribution in [0.25, 0.3) is 22.0 Å². The van der Waals surface area contributed by atoms with Gasteiger partial charge in [-0.15, -0.1) is 11.3 Å². The fourth-order valence-electron chi connectivity index (χ4n) is 4.55. The second kappa shape index (κ2) is 11.1. The van der Waals surface area contributed by atoms with E-state index in [4.69, 9.17) is 4.74 Å². The zero-order valence-electron chi connectivity index (χ0n) is 22.2. The molecule has 0 saturated carbocycles. The number of aryl methyl sites for hydroxylation is 1. The lowest BCUT2D eigenvalue weighted by atomic mass is 10.00. The van der Waals surface area contributed by atoms with Crippen molar-refractivity contribution in [1.29, 1.82) is 0 Å². The summed E-state index contributed by atoms with van der Waals surface area (Å²) in [6.45, 7) is 3.34. The van der Waals surface area contributed by atoms with E-state index in [1.165, 1.54) is 0 Å². The summed E-state index contributed by atoms with van der Waals surface area (Å²) in [6.07, 6.45) is -2.32. The number of hydrogen-bond donors (Lipinski definition) is 1. The molecule has 0 unspecified atom stereocenters. The molecule has 1 atom stereocenters. The van der Waals surface area contributed by atoms with Crippen LogP contribution in [0.2, 0.25) is 0 Å². The minimum absolute atomic E-state index is 0.104. The molecule has 0 saturated heterocycles. The normalized spacial score (nSPS) is 12.3. The van der Waals surface area contributed by atoms with Crippen molar-refractivity contribution in [2.24, 2.45) is 0 Å². The topological polar surface area (TPSA) is 103 Å². The third-order valence-electron chi connectivity index (χ3n) is 6.58. The van der Waals surface area contributed by atoms with Gasteiger partial charge >= 0.3 is 6.18 Å². The van der Waals surface area contributed by atoms with E-state index in [0.29, 0.717) is 35.0 Å². The molecule has 0 aliphatic rings. The molecule has 2 heterocycles. The van der Waals surface area contributed by atoms with Crippen molar-refractivity contribution in [3.05, 3.63) is 104 Å². The Hall–Kier alpha value is -4.58. The molecule has 5 aromatic rings. The first-order chi connectivity index (χ1) is 19.5. The lowest BCUT2D eigenvalue weighted by Gasteiger charge is -2.19. The van der Waals surface area contributed by atoms with Gasteiger partial charge in [-0.3, -0.25) is 10.1 Å². The van der Waals surface area contributed by atoms with Crippen molar-refractivity contribution in [3.63, 3.8) is 0 Å². The highest BCUT2D eigenvalue weighted by Gasteiger charge is 2.33. The molecule has 0 bridgehead atoms. The van der Waals surface area contributed by atoms with Gasteiger partial charge in [-0.25, -0.2) is 15.0 Å². The van der Waals surface area contributed by atoms with E-state index in [9.17, 15) is 23.3 Å². The van der Waals surface area contributed by atoms with E-state index in [0.717, 1.165) is 39.6 Å². The molecule has 41 heavy (non-hydrogen) atoms. The van der Waals surface area contributed by atoms with Crippen molar-refractivity contribution < 1.29 is 22.8 Å². The number of methoxy groups -OCH3 is 1. The highest BCUT2D eigenvalue weighted by molar-refractivity contribution is 7.09. The molecule has 2 aromatic heterocycles. The van der Waals surface area contributed by atoms with Crippen LogP contribution in [-0.2, 0) is 12.6 Å². The van der Waals surface area contributed by atoms with Gasteiger partial charge in [-0.05, 0) is 54.8 Å². The third-order valence-corrected chi connectivity index (χ3v) is 7.36.